The molecule has 29 heavy (non-hydrogen) atoms. The summed E-state index contributed by atoms with van der Waals surface area (Å²) < 4.78 is 0. The van der Waals surface area contributed by atoms with Crippen LogP contribution in [0.25, 0.3) is 0 Å². The number of carbonyl (C=O) groups is 5. The number of hydrogen-bond donors (Lipinski definition) is 8. The van der Waals surface area contributed by atoms with Crippen molar-refractivity contribution in [2.24, 2.45) is 11.7 Å². The van der Waals surface area contributed by atoms with Crippen molar-refractivity contribution in [2.75, 3.05) is 12.4 Å². The second kappa shape index (κ2) is 13.0. The molecule has 0 spiro atoms. The third kappa shape index (κ3) is 9.58. The number of carboxylic acid groups (broad SMARTS) is 2. The molecular weight excluding hydrogens is 408 g/mol. The van der Waals surface area contributed by atoms with Crippen LogP contribution >= 0.6 is 12.6 Å². The molecular formula is C16H28N4O8S. The van der Waals surface area contributed by atoms with Crippen LogP contribution in [-0.2, 0) is 24.0 Å². The van der Waals surface area contributed by atoms with Crippen molar-refractivity contribution in [1.82, 2.24) is 16.0 Å². The monoisotopic (exact) mass is 436 g/mol. The zero-order chi connectivity index (χ0) is 22.7. The Kier molecular flexibility index (Phi) is 11.9. The second-order valence-corrected chi connectivity index (χ2v) is 6.96. The number of carbonyl (C=O) groups excluding carboxylic acids is 3. The molecule has 0 bridgehead atoms. The van der Waals surface area contributed by atoms with Crippen molar-refractivity contribution in [3.8, 4) is 0 Å². The first kappa shape index (κ1) is 26.6. The van der Waals surface area contributed by atoms with Gasteiger partial charge in [-0.3, -0.25) is 19.2 Å². The van der Waals surface area contributed by atoms with Crippen LogP contribution in [0.1, 0.15) is 26.7 Å². The molecule has 4 atom stereocenters. The number of aliphatic hydroxyl groups excluding tert-OH is 1. The highest BCUT2D eigenvalue weighted by molar-refractivity contribution is 7.80. The van der Waals surface area contributed by atoms with E-state index in [1.54, 1.807) is 13.8 Å². The Morgan fingerprint density at radius 2 is 1.48 bits per heavy atom. The van der Waals surface area contributed by atoms with Crippen LogP contribution in [0.15, 0.2) is 0 Å². The number of aliphatic carboxylic acids is 2. The molecule has 3 amide bonds. The number of hydrogen-bond acceptors (Lipinski definition) is 8. The fourth-order valence-corrected chi connectivity index (χ4v) is 2.30. The van der Waals surface area contributed by atoms with E-state index in [0.29, 0.717) is 0 Å². The topological polar surface area (TPSA) is 208 Å². The Hall–Kier alpha value is -2.38. The van der Waals surface area contributed by atoms with Crippen molar-refractivity contribution in [3.63, 3.8) is 0 Å². The minimum Gasteiger partial charge on any atom is -0.481 e. The summed E-state index contributed by atoms with van der Waals surface area (Å²) in [6.07, 6.45) is -0.813. The van der Waals surface area contributed by atoms with Crippen molar-refractivity contribution in [3.05, 3.63) is 0 Å². The molecule has 0 aliphatic rings. The molecule has 0 aromatic heterocycles. The van der Waals surface area contributed by atoms with Gasteiger partial charge in [-0.25, -0.2) is 4.79 Å². The number of aliphatic hydroxyl groups is 1. The average Bonchev–Trinajstić information content (AvgIpc) is 2.65. The number of nitrogens with one attached hydrogen (secondary N) is 3. The third-order valence-corrected chi connectivity index (χ3v) is 4.25. The lowest BCUT2D eigenvalue weighted by Crippen LogP contribution is -2.59. The lowest BCUT2D eigenvalue weighted by atomic mass is 10.0. The van der Waals surface area contributed by atoms with Crippen molar-refractivity contribution < 1.29 is 39.3 Å². The van der Waals surface area contributed by atoms with Gasteiger partial charge in [-0.15, -0.1) is 0 Å². The molecule has 0 heterocycles. The van der Waals surface area contributed by atoms with Gasteiger partial charge in [0.2, 0.25) is 17.7 Å². The maximum absolute atomic E-state index is 12.5. The molecule has 0 rings (SSSR count). The number of thiol groups is 1. The van der Waals surface area contributed by atoms with Crippen LogP contribution in [0.4, 0.5) is 0 Å². The molecule has 8 N–H and O–H groups in total. The molecule has 4 unspecified atom stereocenters. The Morgan fingerprint density at radius 1 is 0.931 bits per heavy atom. The summed E-state index contributed by atoms with van der Waals surface area (Å²) in [7, 11) is 0. The van der Waals surface area contributed by atoms with E-state index in [-0.39, 0.29) is 12.2 Å². The standard InChI is InChI=1S/C16H28N4O8S/c1-7(2)12(15(26)18-9(16(27)28)3-4-11(22)23)20-14(25)10(5-21)19-13(24)8(17)6-29/h7-10,12,21,29H,3-6,17H2,1-2H3,(H,18,26)(H,19,24)(H,20,25)(H,22,23)(H,27,28). The first-order valence-corrected chi connectivity index (χ1v) is 9.40. The zero-order valence-corrected chi connectivity index (χ0v) is 17.0. The predicted octanol–water partition coefficient (Wildman–Crippen LogP) is -2.70. The summed E-state index contributed by atoms with van der Waals surface area (Å²) in [4.78, 5) is 58.5. The van der Waals surface area contributed by atoms with Gasteiger partial charge in [0.1, 0.15) is 18.1 Å². The van der Waals surface area contributed by atoms with E-state index in [1.165, 1.54) is 0 Å². The molecule has 0 saturated carbocycles. The molecule has 0 aliphatic carbocycles. The van der Waals surface area contributed by atoms with Gasteiger partial charge in [0.15, 0.2) is 0 Å². The quantitative estimate of drug-likeness (QED) is 0.141. The van der Waals surface area contributed by atoms with Gasteiger partial charge >= 0.3 is 11.9 Å². The number of carboxylic acids is 2. The molecule has 0 aromatic rings. The molecule has 12 nitrogen and oxygen atoms in total. The van der Waals surface area contributed by atoms with Crippen molar-refractivity contribution in [2.45, 2.75) is 50.9 Å². The summed E-state index contributed by atoms with van der Waals surface area (Å²) in [5.74, 6) is -5.56. The number of nitrogens with two attached hydrogens (primary N) is 1. The normalized spacial score (nSPS) is 15.0. The van der Waals surface area contributed by atoms with E-state index in [4.69, 9.17) is 15.9 Å². The summed E-state index contributed by atoms with van der Waals surface area (Å²) in [5.41, 5.74) is 5.49. The number of rotatable bonds is 13. The number of amides is 3. The van der Waals surface area contributed by atoms with Gasteiger partial charge in [-0.2, -0.15) is 12.6 Å². The van der Waals surface area contributed by atoms with Crippen LogP contribution in [-0.4, -0.2) is 81.5 Å². The highest BCUT2D eigenvalue weighted by Gasteiger charge is 2.31. The van der Waals surface area contributed by atoms with Crippen LogP contribution in [0, 0.1) is 5.92 Å². The van der Waals surface area contributed by atoms with E-state index in [2.05, 4.69) is 28.6 Å². The Bertz CT molecular complexity index is 616. The van der Waals surface area contributed by atoms with E-state index in [0.717, 1.165) is 0 Å². The Balaban J connectivity index is 5.16. The highest BCUT2D eigenvalue weighted by Crippen LogP contribution is 2.06. The summed E-state index contributed by atoms with van der Waals surface area (Å²) >= 11 is 3.86. The molecule has 166 valence electrons. The average molecular weight is 436 g/mol. The molecule has 0 saturated heterocycles. The lowest BCUT2D eigenvalue weighted by molar-refractivity contribution is -0.143. The Labute approximate surface area is 173 Å². The maximum atomic E-state index is 12.5. The van der Waals surface area contributed by atoms with Gasteiger partial charge in [0.05, 0.1) is 12.6 Å². The largest absolute Gasteiger partial charge is 0.481 e. The minimum atomic E-state index is -1.46. The fourth-order valence-electron chi connectivity index (χ4n) is 2.13. The van der Waals surface area contributed by atoms with Crippen molar-refractivity contribution >= 4 is 42.3 Å². The molecule has 0 aliphatic heterocycles. The van der Waals surface area contributed by atoms with E-state index < -0.39 is 72.8 Å². The van der Waals surface area contributed by atoms with Gasteiger partial charge in [0, 0.05) is 12.2 Å². The van der Waals surface area contributed by atoms with Gasteiger partial charge < -0.3 is 37.0 Å². The van der Waals surface area contributed by atoms with Gasteiger partial charge in [-0.1, -0.05) is 13.8 Å². The van der Waals surface area contributed by atoms with Gasteiger partial charge in [-0.05, 0) is 12.3 Å². The zero-order valence-electron chi connectivity index (χ0n) is 16.1. The fraction of sp³-hybridized carbons (Fsp3) is 0.688. The SMILES string of the molecule is CC(C)C(NC(=O)C(CO)NC(=O)C(N)CS)C(=O)NC(CCC(=O)O)C(=O)O. The summed E-state index contributed by atoms with van der Waals surface area (Å²) in [5, 5.41) is 33.9. The van der Waals surface area contributed by atoms with Crippen LogP contribution in [0.5, 0.6) is 0 Å². The summed E-state index contributed by atoms with van der Waals surface area (Å²) in [6, 6.07) is -5.04. The highest BCUT2D eigenvalue weighted by atomic mass is 32.1. The molecule has 0 radical (unpaired) electrons. The lowest BCUT2D eigenvalue weighted by Gasteiger charge is -2.26. The van der Waals surface area contributed by atoms with E-state index in [9.17, 15) is 29.1 Å². The molecule has 0 aromatic carbocycles. The predicted molar refractivity (Wildman–Crippen MR) is 104 cm³/mol. The first-order chi connectivity index (χ1) is 13.4. The second-order valence-electron chi connectivity index (χ2n) is 6.59. The Morgan fingerprint density at radius 3 is 1.90 bits per heavy atom. The van der Waals surface area contributed by atoms with E-state index in [1.807, 2.05) is 0 Å². The molecule has 13 heteroatoms. The van der Waals surface area contributed by atoms with Gasteiger partial charge in [0.25, 0.3) is 0 Å². The third-order valence-electron chi connectivity index (χ3n) is 3.86. The molecule has 0 fully saturated rings. The van der Waals surface area contributed by atoms with Crippen molar-refractivity contribution in [1.29, 1.82) is 0 Å². The maximum Gasteiger partial charge on any atom is 0.326 e. The van der Waals surface area contributed by atoms with Crippen LogP contribution in [0.3, 0.4) is 0 Å². The minimum absolute atomic E-state index is 0.00947. The van der Waals surface area contributed by atoms with Crippen LogP contribution < -0.4 is 21.7 Å². The smallest absolute Gasteiger partial charge is 0.326 e. The van der Waals surface area contributed by atoms with Crippen LogP contribution in [0.2, 0.25) is 0 Å². The first-order valence-electron chi connectivity index (χ1n) is 8.77. The summed E-state index contributed by atoms with van der Waals surface area (Å²) in [6.45, 7) is 2.40. The van der Waals surface area contributed by atoms with E-state index >= 15 is 0 Å².